The number of hydrogen-bond donors (Lipinski definition) is 0. The zero-order valence-corrected chi connectivity index (χ0v) is 25.9. The van der Waals surface area contributed by atoms with Crippen LogP contribution in [0.25, 0.3) is 53.6 Å². The Hall–Kier alpha value is -4.95. The average molecular weight is 611 g/mol. The third-order valence-electron chi connectivity index (χ3n) is 9.43. The van der Waals surface area contributed by atoms with Gasteiger partial charge in [0.15, 0.2) is 0 Å². The lowest BCUT2D eigenvalue weighted by Gasteiger charge is -2.33. The molecule has 0 spiro atoms. The van der Waals surface area contributed by atoms with Gasteiger partial charge in [0.25, 0.3) is 0 Å². The molecule has 9 rings (SSSR count). The van der Waals surface area contributed by atoms with Gasteiger partial charge < -0.3 is 0 Å². The minimum atomic E-state index is -0.411. The Balaban J connectivity index is 1.35. The molecule has 0 aliphatic heterocycles. The molecule has 0 amide bonds. The molecule has 0 saturated heterocycles. The third-order valence-corrected chi connectivity index (χ3v) is 10.9. The predicted molar refractivity (Wildman–Crippen MR) is 193 cm³/mol. The van der Waals surface area contributed by atoms with Crippen molar-refractivity contribution in [2.24, 2.45) is 0 Å². The van der Waals surface area contributed by atoms with Crippen LogP contribution in [0.4, 0.5) is 0 Å². The number of rotatable bonds is 4. The Morgan fingerprint density at radius 3 is 1.80 bits per heavy atom. The van der Waals surface area contributed by atoms with Gasteiger partial charge >= 0.3 is 0 Å². The van der Waals surface area contributed by atoms with Crippen molar-refractivity contribution in [2.45, 2.75) is 5.41 Å². The quantitative estimate of drug-likeness (QED) is 0.186. The Kier molecular flexibility index (Phi) is 6.06. The van der Waals surface area contributed by atoms with Gasteiger partial charge in [0.05, 0.1) is 10.4 Å². The molecule has 7 aromatic carbocycles. The first kappa shape index (κ1) is 26.5. The molecule has 0 radical (unpaired) electrons. The van der Waals surface area contributed by atoms with E-state index in [9.17, 15) is 0 Å². The average Bonchev–Trinajstić information content (AvgIpc) is 3.63. The van der Waals surface area contributed by atoms with Gasteiger partial charge in [-0.15, -0.1) is 11.3 Å². The van der Waals surface area contributed by atoms with Gasteiger partial charge in [-0.1, -0.05) is 157 Å². The molecule has 1 aliphatic carbocycles. The molecule has 0 bridgehead atoms. The number of hydrogen-bond acceptors (Lipinski definition) is 1. The van der Waals surface area contributed by atoms with Crippen molar-refractivity contribution in [3.8, 4) is 33.4 Å². The first-order valence-corrected chi connectivity index (χ1v) is 16.5. The summed E-state index contributed by atoms with van der Waals surface area (Å²) in [5, 5.41) is 3.31. The fourth-order valence-corrected chi connectivity index (χ4v) is 9.25. The Morgan fingerprint density at radius 1 is 0.467 bits per heavy atom. The number of fused-ring (bicyclic) bond motifs is 6. The summed E-state index contributed by atoms with van der Waals surface area (Å²) in [6.07, 6.45) is 0. The maximum Gasteiger partial charge on any atom is 0.0713 e. The number of thiophene rings is 1. The van der Waals surface area contributed by atoms with E-state index in [0.717, 1.165) is 16.1 Å². The largest absolute Gasteiger partial charge is 0.134 e. The molecule has 45 heavy (non-hydrogen) atoms. The lowest BCUT2D eigenvalue weighted by Crippen LogP contribution is -2.28. The monoisotopic (exact) mass is 610 g/mol. The summed E-state index contributed by atoms with van der Waals surface area (Å²) in [4.78, 5) is 0. The highest BCUT2D eigenvalue weighted by atomic mass is 35.5. The van der Waals surface area contributed by atoms with Crippen LogP contribution >= 0.6 is 22.9 Å². The molecule has 1 aliphatic rings. The molecule has 1 heterocycles. The van der Waals surface area contributed by atoms with Crippen LogP contribution in [0.5, 0.6) is 0 Å². The molecule has 0 atom stereocenters. The Labute approximate surface area is 271 Å². The standard InChI is InChI=1S/C43H27ClS/c44-38-27-34(41-33-21-11-13-23-39(33)45-42(41)40(38)28-14-4-1-5-15-28)29-24-25-37-35(26-29)32-20-10-12-22-36(32)43(37,30-16-6-2-7-17-30)31-18-8-3-9-19-31/h1-27H. The molecular formula is C43H27ClS. The van der Waals surface area contributed by atoms with Gasteiger partial charge in [-0.05, 0) is 68.3 Å². The summed E-state index contributed by atoms with van der Waals surface area (Å²) in [6.45, 7) is 0. The van der Waals surface area contributed by atoms with Crippen LogP contribution in [0, 0.1) is 0 Å². The van der Waals surface area contributed by atoms with E-state index in [2.05, 4.69) is 164 Å². The second kappa shape index (κ2) is 10.3. The van der Waals surface area contributed by atoms with E-state index in [1.54, 1.807) is 0 Å². The molecule has 0 N–H and O–H groups in total. The summed E-state index contributed by atoms with van der Waals surface area (Å²) >= 11 is 9.06. The summed E-state index contributed by atoms with van der Waals surface area (Å²) in [7, 11) is 0. The second-order valence-electron chi connectivity index (χ2n) is 11.7. The zero-order chi connectivity index (χ0) is 30.0. The van der Waals surface area contributed by atoms with Crippen LogP contribution in [0.15, 0.2) is 164 Å². The van der Waals surface area contributed by atoms with E-state index in [0.29, 0.717) is 0 Å². The molecule has 8 aromatic rings. The smallest absolute Gasteiger partial charge is 0.0713 e. The van der Waals surface area contributed by atoms with Crippen molar-refractivity contribution in [1.29, 1.82) is 0 Å². The van der Waals surface area contributed by atoms with Crippen LogP contribution in [-0.2, 0) is 5.41 Å². The van der Waals surface area contributed by atoms with Gasteiger partial charge in [-0.25, -0.2) is 0 Å². The highest BCUT2D eigenvalue weighted by molar-refractivity contribution is 7.26. The van der Waals surface area contributed by atoms with Gasteiger partial charge in [-0.2, -0.15) is 0 Å². The van der Waals surface area contributed by atoms with E-state index < -0.39 is 5.41 Å². The Morgan fingerprint density at radius 2 is 1.07 bits per heavy atom. The predicted octanol–water partition coefficient (Wildman–Crippen LogP) is 12.4. The summed E-state index contributed by atoms with van der Waals surface area (Å²) in [5.74, 6) is 0. The third kappa shape index (κ3) is 3.85. The highest BCUT2D eigenvalue weighted by Gasteiger charge is 2.46. The normalized spacial score (nSPS) is 13.2. The van der Waals surface area contributed by atoms with Crippen LogP contribution in [0.2, 0.25) is 5.02 Å². The molecule has 0 fully saturated rings. The van der Waals surface area contributed by atoms with Crippen LogP contribution in [0.3, 0.4) is 0 Å². The van der Waals surface area contributed by atoms with E-state index in [-0.39, 0.29) is 0 Å². The molecular weight excluding hydrogens is 584 g/mol. The zero-order valence-electron chi connectivity index (χ0n) is 24.4. The van der Waals surface area contributed by atoms with Crippen molar-refractivity contribution in [1.82, 2.24) is 0 Å². The van der Waals surface area contributed by atoms with Crippen LogP contribution in [0.1, 0.15) is 22.3 Å². The molecule has 2 heteroatoms. The van der Waals surface area contributed by atoms with Crippen molar-refractivity contribution in [3.05, 3.63) is 191 Å². The number of halogens is 1. The van der Waals surface area contributed by atoms with Crippen molar-refractivity contribution < 1.29 is 0 Å². The molecule has 0 unspecified atom stereocenters. The first-order valence-electron chi connectivity index (χ1n) is 15.3. The van der Waals surface area contributed by atoms with E-state index in [1.165, 1.54) is 64.7 Å². The highest BCUT2D eigenvalue weighted by Crippen LogP contribution is 2.57. The lowest BCUT2D eigenvalue weighted by molar-refractivity contribution is 0.768. The van der Waals surface area contributed by atoms with Crippen molar-refractivity contribution >= 4 is 43.1 Å². The van der Waals surface area contributed by atoms with Crippen LogP contribution in [-0.4, -0.2) is 0 Å². The fourth-order valence-electron chi connectivity index (χ4n) is 7.59. The lowest BCUT2D eigenvalue weighted by atomic mass is 9.67. The summed E-state index contributed by atoms with van der Waals surface area (Å²) < 4.78 is 2.50. The summed E-state index contributed by atoms with van der Waals surface area (Å²) in [6, 6.07) is 59.4. The second-order valence-corrected chi connectivity index (χ2v) is 13.2. The summed E-state index contributed by atoms with van der Waals surface area (Å²) in [5.41, 5.74) is 11.9. The van der Waals surface area contributed by atoms with E-state index >= 15 is 0 Å². The SMILES string of the molecule is Clc1cc(-c2ccc3c(c2)-c2ccccc2C3(c2ccccc2)c2ccccc2)c2c(sc3ccccc32)c1-c1ccccc1. The maximum absolute atomic E-state index is 7.23. The van der Waals surface area contributed by atoms with Crippen molar-refractivity contribution in [2.75, 3.05) is 0 Å². The van der Waals surface area contributed by atoms with Crippen molar-refractivity contribution in [3.63, 3.8) is 0 Å². The van der Waals surface area contributed by atoms with Crippen LogP contribution < -0.4 is 0 Å². The molecule has 0 nitrogen and oxygen atoms in total. The minimum absolute atomic E-state index is 0.411. The number of benzene rings is 7. The molecule has 212 valence electrons. The maximum atomic E-state index is 7.23. The minimum Gasteiger partial charge on any atom is -0.134 e. The van der Waals surface area contributed by atoms with E-state index in [4.69, 9.17) is 11.6 Å². The fraction of sp³-hybridized carbons (Fsp3) is 0.0233. The Bertz CT molecular complexity index is 2330. The van der Waals surface area contributed by atoms with Gasteiger partial charge in [0.2, 0.25) is 0 Å². The first-order chi connectivity index (χ1) is 22.2. The molecule has 0 saturated carbocycles. The molecule has 1 aromatic heterocycles. The van der Waals surface area contributed by atoms with E-state index in [1.807, 2.05) is 11.3 Å². The van der Waals surface area contributed by atoms with Gasteiger partial charge in [0.1, 0.15) is 0 Å². The van der Waals surface area contributed by atoms with Gasteiger partial charge in [0, 0.05) is 25.7 Å². The van der Waals surface area contributed by atoms with Gasteiger partial charge in [-0.3, -0.25) is 0 Å². The topological polar surface area (TPSA) is 0 Å².